The van der Waals surface area contributed by atoms with Crippen LogP contribution in [0.3, 0.4) is 0 Å². The minimum atomic E-state index is -1.79. The van der Waals surface area contributed by atoms with Crippen LogP contribution in [0.4, 0.5) is 0 Å². The smallest absolute Gasteiger partial charge is 0.242 e. The standard InChI is InChI=1S/C20H25ClN2OSi/c1-15(24-25(2,3)4)19(20-8-6-5-7-11-23-20)13-17-12-18(21)10-9-16(17)14-22/h5-13,23H,1,14,22H2,2-4H3. The highest BCUT2D eigenvalue weighted by Gasteiger charge is 2.20. The highest BCUT2D eigenvalue weighted by Crippen LogP contribution is 2.27. The van der Waals surface area contributed by atoms with Crippen LogP contribution in [0.25, 0.3) is 6.08 Å². The molecule has 2 rings (SSSR count). The zero-order chi connectivity index (χ0) is 18.4. The lowest BCUT2D eigenvalue weighted by atomic mass is 10.0. The van der Waals surface area contributed by atoms with Crippen molar-refractivity contribution >= 4 is 26.0 Å². The third-order valence-electron chi connectivity index (χ3n) is 3.47. The molecule has 0 saturated heterocycles. The lowest BCUT2D eigenvalue weighted by Crippen LogP contribution is -2.26. The van der Waals surface area contributed by atoms with Gasteiger partial charge >= 0.3 is 0 Å². The monoisotopic (exact) mass is 372 g/mol. The summed E-state index contributed by atoms with van der Waals surface area (Å²) in [6.45, 7) is 11.0. The lowest BCUT2D eigenvalue weighted by molar-refractivity contribution is 0.437. The summed E-state index contributed by atoms with van der Waals surface area (Å²) >= 11 is 6.19. The van der Waals surface area contributed by atoms with E-state index in [2.05, 4.69) is 31.5 Å². The Morgan fingerprint density at radius 3 is 2.72 bits per heavy atom. The maximum absolute atomic E-state index is 6.19. The van der Waals surface area contributed by atoms with Gasteiger partial charge in [-0.2, -0.15) is 0 Å². The second kappa shape index (κ2) is 8.38. The van der Waals surface area contributed by atoms with Crippen LogP contribution in [0, 0.1) is 0 Å². The summed E-state index contributed by atoms with van der Waals surface area (Å²) in [5.41, 5.74) is 9.66. The maximum atomic E-state index is 6.19. The van der Waals surface area contributed by atoms with Gasteiger partial charge in [-0.1, -0.05) is 36.4 Å². The first-order valence-corrected chi connectivity index (χ1v) is 12.0. The molecule has 3 N–H and O–H groups in total. The van der Waals surface area contributed by atoms with Gasteiger partial charge in [0, 0.05) is 29.0 Å². The molecule has 25 heavy (non-hydrogen) atoms. The summed E-state index contributed by atoms with van der Waals surface area (Å²) in [6.07, 6.45) is 11.8. The molecule has 3 nitrogen and oxygen atoms in total. The third kappa shape index (κ3) is 5.78. The van der Waals surface area contributed by atoms with Crippen molar-refractivity contribution in [1.82, 2.24) is 5.32 Å². The van der Waals surface area contributed by atoms with Crippen molar-refractivity contribution in [3.8, 4) is 0 Å². The van der Waals surface area contributed by atoms with Gasteiger partial charge in [0.2, 0.25) is 8.32 Å². The second-order valence-corrected chi connectivity index (χ2v) is 11.6. The molecule has 1 aliphatic heterocycles. The average molecular weight is 373 g/mol. The van der Waals surface area contributed by atoms with Crippen LogP contribution in [-0.2, 0) is 11.0 Å². The molecule has 5 heteroatoms. The van der Waals surface area contributed by atoms with Crippen LogP contribution in [0.2, 0.25) is 24.7 Å². The van der Waals surface area contributed by atoms with Crippen molar-refractivity contribution in [3.05, 3.63) is 88.5 Å². The van der Waals surface area contributed by atoms with Crippen molar-refractivity contribution in [2.75, 3.05) is 0 Å². The van der Waals surface area contributed by atoms with Crippen molar-refractivity contribution in [3.63, 3.8) is 0 Å². The second-order valence-electron chi connectivity index (χ2n) is 6.71. The minimum Gasteiger partial charge on any atom is -0.544 e. The number of nitrogens with two attached hydrogens (primary N) is 1. The van der Waals surface area contributed by atoms with Crippen LogP contribution in [0.1, 0.15) is 11.1 Å². The molecule has 0 bridgehead atoms. The average Bonchev–Trinajstić information content (AvgIpc) is 2.80. The molecular formula is C20H25ClN2OSi. The Bertz CT molecular complexity index is 770. The minimum absolute atomic E-state index is 0.434. The Morgan fingerprint density at radius 2 is 2.04 bits per heavy atom. The van der Waals surface area contributed by atoms with Crippen LogP contribution < -0.4 is 11.1 Å². The molecule has 1 aromatic rings. The highest BCUT2D eigenvalue weighted by molar-refractivity contribution is 6.70. The van der Waals surface area contributed by atoms with E-state index in [-0.39, 0.29) is 0 Å². The fourth-order valence-electron chi connectivity index (χ4n) is 2.40. The van der Waals surface area contributed by atoms with Crippen molar-refractivity contribution in [2.45, 2.75) is 26.2 Å². The highest BCUT2D eigenvalue weighted by atomic mass is 35.5. The van der Waals surface area contributed by atoms with Gasteiger partial charge in [0.25, 0.3) is 0 Å². The summed E-state index contributed by atoms with van der Waals surface area (Å²) in [6, 6.07) is 5.71. The molecule has 0 radical (unpaired) electrons. The van der Waals surface area contributed by atoms with Gasteiger partial charge in [0.05, 0.1) is 0 Å². The van der Waals surface area contributed by atoms with Crippen LogP contribution in [-0.4, -0.2) is 8.32 Å². The third-order valence-corrected chi connectivity index (χ3v) is 4.56. The molecule has 1 aromatic carbocycles. The lowest BCUT2D eigenvalue weighted by Gasteiger charge is -2.24. The zero-order valence-corrected chi connectivity index (χ0v) is 16.7. The summed E-state index contributed by atoms with van der Waals surface area (Å²) in [5.74, 6) is 0.643. The quantitative estimate of drug-likeness (QED) is 0.414. The molecule has 132 valence electrons. The van der Waals surface area contributed by atoms with Crippen LogP contribution in [0.15, 0.2) is 72.3 Å². The Morgan fingerprint density at radius 1 is 1.28 bits per heavy atom. The van der Waals surface area contributed by atoms with E-state index in [4.69, 9.17) is 21.8 Å². The number of halogens is 1. The van der Waals surface area contributed by atoms with Gasteiger partial charge in [0.1, 0.15) is 5.76 Å². The Kier molecular flexibility index (Phi) is 6.48. The Balaban J connectivity index is 2.53. The van der Waals surface area contributed by atoms with Gasteiger partial charge in [0.15, 0.2) is 0 Å². The van der Waals surface area contributed by atoms with E-state index in [9.17, 15) is 0 Å². The maximum Gasteiger partial charge on any atom is 0.242 e. The molecule has 0 fully saturated rings. The number of hydrogen-bond donors (Lipinski definition) is 2. The van der Waals surface area contributed by atoms with E-state index in [1.54, 1.807) is 0 Å². The molecule has 0 aromatic heterocycles. The molecule has 0 aliphatic carbocycles. The van der Waals surface area contributed by atoms with E-state index < -0.39 is 8.32 Å². The van der Waals surface area contributed by atoms with Gasteiger partial charge in [-0.3, -0.25) is 0 Å². The van der Waals surface area contributed by atoms with Crippen LogP contribution in [0.5, 0.6) is 0 Å². The Hall–Kier alpha value is -2.01. The fourth-order valence-corrected chi connectivity index (χ4v) is 3.43. The fraction of sp³-hybridized carbons (Fsp3) is 0.200. The van der Waals surface area contributed by atoms with E-state index in [1.165, 1.54) is 0 Å². The van der Waals surface area contributed by atoms with E-state index in [0.717, 1.165) is 22.4 Å². The number of allylic oxidation sites excluding steroid dienone is 4. The first kappa shape index (κ1) is 19.3. The molecule has 0 spiro atoms. The molecule has 0 saturated carbocycles. The van der Waals surface area contributed by atoms with Crippen molar-refractivity contribution in [1.29, 1.82) is 0 Å². The van der Waals surface area contributed by atoms with Gasteiger partial charge in [-0.25, -0.2) is 0 Å². The van der Waals surface area contributed by atoms with E-state index in [0.29, 0.717) is 17.3 Å². The van der Waals surface area contributed by atoms with Gasteiger partial charge < -0.3 is 15.5 Å². The Labute approximate surface area is 156 Å². The summed E-state index contributed by atoms with van der Waals surface area (Å²) in [4.78, 5) is 0. The van der Waals surface area contributed by atoms with Gasteiger partial charge in [-0.15, -0.1) is 0 Å². The molecule has 0 amide bonds. The number of benzene rings is 1. The number of hydrogen-bond acceptors (Lipinski definition) is 3. The summed E-state index contributed by atoms with van der Waals surface area (Å²) < 4.78 is 6.15. The normalized spacial score (nSPS) is 14.6. The van der Waals surface area contributed by atoms with Crippen molar-refractivity contribution < 1.29 is 4.43 Å². The van der Waals surface area contributed by atoms with Crippen molar-refractivity contribution in [2.24, 2.45) is 5.73 Å². The largest absolute Gasteiger partial charge is 0.544 e. The van der Waals surface area contributed by atoms with E-state index in [1.807, 2.05) is 54.8 Å². The zero-order valence-electron chi connectivity index (χ0n) is 15.0. The molecule has 0 atom stereocenters. The predicted molar refractivity (Wildman–Crippen MR) is 110 cm³/mol. The summed E-state index contributed by atoms with van der Waals surface area (Å²) in [7, 11) is -1.79. The van der Waals surface area contributed by atoms with Crippen LogP contribution >= 0.6 is 11.6 Å². The predicted octanol–water partition coefficient (Wildman–Crippen LogP) is 5.10. The molecule has 1 aliphatic rings. The number of rotatable bonds is 6. The van der Waals surface area contributed by atoms with Gasteiger partial charge in [-0.05, 0) is 61.1 Å². The van der Waals surface area contributed by atoms with E-state index >= 15 is 0 Å². The molecular weight excluding hydrogens is 348 g/mol. The SMILES string of the molecule is C=C(O[Si](C)(C)C)C(=Cc1cc(Cl)ccc1CN)C1=CC=CC=CN1. The first-order valence-electron chi connectivity index (χ1n) is 8.19. The topological polar surface area (TPSA) is 47.3 Å². The molecule has 1 heterocycles. The first-order chi connectivity index (χ1) is 11.8. The molecule has 0 unspecified atom stereocenters. The number of nitrogens with one attached hydrogen (secondary N) is 1. The summed E-state index contributed by atoms with van der Waals surface area (Å²) in [5, 5.41) is 3.95.